The van der Waals surface area contributed by atoms with Gasteiger partial charge in [-0.05, 0) is 56.5 Å². The Bertz CT molecular complexity index is 1170. The fourth-order valence-corrected chi connectivity index (χ4v) is 4.66. The highest BCUT2D eigenvalue weighted by Gasteiger charge is 2.19. The molecule has 0 aliphatic heterocycles. The standard InChI is InChI=1S/C21H14BrClO2S/c1-25-18-10-6-14-12-15(22)8-9-17(14)20(18)21-16-5-3-2-4-13(16)7-11-19(21)26(23)24/h2-12H,1H3/t26-/m0/s1. The van der Waals surface area contributed by atoms with Crippen molar-refractivity contribution in [1.29, 1.82) is 0 Å². The van der Waals surface area contributed by atoms with E-state index in [0.29, 0.717) is 4.90 Å². The van der Waals surface area contributed by atoms with Gasteiger partial charge in [0.15, 0.2) is 0 Å². The van der Waals surface area contributed by atoms with Gasteiger partial charge in [0.05, 0.1) is 12.0 Å². The van der Waals surface area contributed by atoms with E-state index < -0.39 is 10.0 Å². The second-order valence-electron chi connectivity index (χ2n) is 5.89. The SMILES string of the molecule is COc1ccc2cc(Br)ccc2c1-c1c([S@](=O)Cl)ccc2ccccc12. The zero-order chi connectivity index (χ0) is 18.3. The Hall–Kier alpha value is -1.88. The van der Waals surface area contributed by atoms with Crippen molar-refractivity contribution in [3.05, 3.63) is 71.2 Å². The van der Waals surface area contributed by atoms with E-state index in [1.807, 2.05) is 60.7 Å². The van der Waals surface area contributed by atoms with Crippen LogP contribution in [-0.4, -0.2) is 11.3 Å². The summed E-state index contributed by atoms with van der Waals surface area (Å²) in [5.41, 5.74) is 1.75. The van der Waals surface area contributed by atoms with Gasteiger partial charge in [0.1, 0.15) is 15.8 Å². The maximum Gasteiger partial charge on any atom is 0.148 e. The second kappa shape index (κ2) is 7.03. The lowest BCUT2D eigenvalue weighted by atomic mass is 9.93. The summed E-state index contributed by atoms with van der Waals surface area (Å²) < 4.78 is 19.0. The largest absolute Gasteiger partial charge is 0.496 e. The molecule has 0 aromatic heterocycles. The summed E-state index contributed by atoms with van der Waals surface area (Å²) >= 11 is 3.53. The third kappa shape index (κ3) is 2.92. The molecule has 0 saturated carbocycles. The Morgan fingerprint density at radius 3 is 2.38 bits per heavy atom. The van der Waals surface area contributed by atoms with Crippen LogP contribution in [0.5, 0.6) is 5.75 Å². The number of halogens is 2. The lowest BCUT2D eigenvalue weighted by Gasteiger charge is -2.17. The minimum Gasteiger partial charge on any atom is -0.496 e. The first-order valence-electron chi connectivity index (χ1n) is 7.96. The van der Waals surface area contributed by atoms with E-state index in [-0.39, 0.29) is 0 Å². The van der Waals surface area contributed by atoms with Gasteiger partial charge in [-0.2, -0.15) is 0 Å². The summed E-state index contributed by atoms with van der Waals surface area (Å²) in [6.45, 7) is 0. The number of benzene rings is 4. The maximum atomic E-state index is 12.3. The van der Waals surface area contributed by atoms with E-state index in [1.54, 1.807) is 7.11 Å². The molecular weight excluding hydrogens is 432 g/mol. The van der Waals surface area contributed by atoms with E-state index in [0.717, 1.165) is 42.9 Å². The van der Waals surface area contributed by atoms with Crippen molar-refractivity contribution in [1.82, 2.24) is 0 Å². The number of methoxy groups -OCH3 is 1. The molecule has 130 valence electrons. The molecule has 0 aliphatic rings. The molecule has 0 saturated heterocycles. The van der Waals surface area contributed by atoms with Crippen LogP contribution >= 0.6 is 26.6 Å². The molecule has 0 bridgehead atoms. The Labute approximate surface area is 166 Å². The van der Waals surface area contributed by atoms with E-state index in [9.17, 15) is 4.21 Å². The molecular formula is C21H14BrClO2S. The van der Waals surface area contributed by atoms with Gasteiger partial charge in [0, 0.05) is 15.6 Å². The van der Waals surface area contributed by atoms with Crippen molar-refractivity contribution in [2.75, 3.05) is 7.11 Å². The molecule has 1 atom stereocenters. The van der Waals surface area contributed by atoms with Crippen molar-refractivity contribution < 1.29 is 8.95 Å². The van der Waals surface area contributed by atoms with Crippen molar-refractivity contribution in [2.24, 2.45) is 0 Å². The zero-order valence-electron chi connectivity index (χ0n) is 13.8. The third-order valence-corrected chi connectivity index (χ3v) is 6.16. The van der Waals surface area contributed by atoms with Crippen molar-refractivity contribution in [3.63, 3.8) is 0 Å². The van der Waals surface area contributed by atoms with Crippen molar-refractivity contribution >= 4 is 58.2 Å². The van der Waals surface area contributed by atoms with Crippen LogP contribution in [0.2, 0.25) is 0 Å². The summed E-state index contributed by atoms with van der Waals surface area (Å²) in [6, 6.07) is 21.8. The molecule has 0 radical (unpaired) electrons. The van der Waals surface area contributed by atoms with E-state index in [2.05, 4.69) is 22.0 Å². The van der Waals surface area contributed by atoms with Gasteiger partial charge in [-0.3, -0.25) is 0 Å². The van der Waals surface area contributed by atoms with Gasteiger partial charge in [0.25, 0.3) is 0 Å². The molecule has 0 unspecified atom stereocenters. The molecule has 4 aromatic carbocycles. The minimum absolute atomic E-state index is 0.582. The Kier molecular flexibility index (Phi) is 4.74. The van der Waals surface area contributed by atoms with Gasteiger partial charge in [-0.15, -0.1) is 0 Å². The van der Waals surface area contributed by atoms with Crippen LogP contribution in [0.4, 0.5) is 0 Å². The average Bonchev–Trinajstić information content (AvgIpc) is 2.66. The molecule has 0 amide bonds. The predicted octanol–water partition coefficient (Wildman–Crippen LogP) is 6.69. The van der Waals surface area contributed by atoms with Gasteiger partial charge in [-0.1, -0.05) is 58.4 Å². The fraction of sp³-hybridized carbons (Fsp3) is 0.0476. The zero-order valence-corrected chi connectivity index (χ0v) is 17.0. The number of fused-ring (bicyclic) bond motifs is 2. The minimum atomic E-state index is -1.65. The topological polar surface area (TPSA) is 26.3 Å². The first-order valence-corrected chi connectivity index (χ1v) is 10.7. The van der Waals surface area contributed by atoms with Crippen LogP contribution in [-0.2, 0) is 10.0 Å². The fourth-order valence-electron chi connectivity index (χ4n) is 3.35. The van der Waals surface area contributed by atoms with Crippen molar-refractivity contribution in [3.8, 4) is 16.9 Å². The molecule has 0 spiro atoms. The number of rotatable bonds is 3. The summed E-state index contributed by atoms with van der Waals surface area (Å²) in [5.74, 6) is 0.722. The summed E-state index contributed by atoms with van der Waals surface area (Å²) in [4.78, 5) is 0.582. The summed E-state index contributed by atoms with van der Waals surface area (Å²) in [5, 5.41) is 4.14. The number of hydrogen-bond acceptors (Lipinski definition) is 2. The van der Waals surface area contributed by atoms with Gasteiger partial charge >= 0.3 is 0 Å². The summed E-state index contributed by atoms with van der Waals surface area (Å²) in [6.07, 6.45) is 0. The number of ether oxygens (including phenoxy) is 1. The maximum absolute atomic E-state index is 12.3. The van der Waals surface area contributed by atoms with Gasteiger partial charge in [0.2, 0.25) is 0 Å². The van der Waals surface area contributed by atoms with Crippen LogP contribution in [0.15, 0.2) is 76.1 Å². The van der Waals surface area contributed by atoms with Crippen LogP contribution in [0.3, 0.4) is 0 Å². The third-order valence-electron chi connectivity index (χ3n) is 4.48. The quantitative estimate of drug-likeness (QED) is 0.328. The van der Waals surface area contributed by atoms with Gasteiger partial charge in [-0.25, -0.2) is 4.21 Å². The van der Waals surface area contributed by atoms with Gasteiger partial charge < -0.3 is 4.74 Å². The Balaban J connectivity index is 2.23. The highest BCUT2D eigenvalue weighted by Crippen LogP contribution is 2.44. The van der Waals surface area contributed by atoms with Crippen LogP contribution in [0.1, 0.15) is 0 Å². The van der Waals surface area contributed by atoms with Crippen LogP contribution in [0.25, 0.3) is 32.7 Å². The molecule has 26 heavy (non-hydrogen) atoms. The molecule has 2 nitrogen and oxygen atoms in total. The summed E-state index contributed by atoms with van der Waals surface area (Å²) in [7, 11) is 6.05. The van der Waals surface area contributed by atoms with E-state index in [4.69, 9.17) is 15.4 Å². The Morgan fingerprint density at radius 1 is 0.885 bits per heavy atom. The first kappa shape index (κ1) is 17.5. The predicted molar refractivity (Wildman–Crippen MR) is 113 cm³/mol. The molecule has 0 heterocycles. The van der Waals surface area contributed by atoms with E-state index >= 15 is 0 Å². The lowest BCUT2D eigenvalue weighted by Crippen LogP contribution is -1.95. The average molecular weight is 446 g/mol. The molecule has 0 fully saturated rings. The van der Waals surface area contributed by atoms with Crippen LogP contribution in [0, 0.1) is 0 Å². The van der Waals surface area contributed by atoms with E-state index in [1.165, 1.54) is 0 Å². The molecule has 0 aliphatic carbocycles. The molecule has 5 heteroatoms. The Morgan fingerprint density at radius 2 is 1.62 bits per heavy atom. The first-order chi connectivity index (χ1) is 12.6. The normalized spacial score (nSPS) is 12.4. The monoisotopic (exact) mass is 444 g/mol. The van der Waals surface area contributed by atoms with Crippen molar-refractivity contribution in [2.45, 2.75) is 4.90 Å². The number of hydrogen-bond donors (Lipinski definition) is 0. The molecule has 0 N–H and O–H groups in total. The molecule has 4 aromatic rings. The lowest BCUT2D eigenvalue weighted by molar-refractivity contribution is 0.417. The highest BCUT2D eigenvalue weighted by molar-refractivity contribution is 9.10. The highest BCUT2D eigenvalue weighted by atomic mass is 79.9. The molecule has 4 rings (SSSR count). The smallest absolute Gasteiger partial charge is 0.148 e. The second-order valence-corrected chi connectivity index (χ2v) is 8.53. The van der Waals surface area contributed by atoms with Crippen LogP contribution < -0.4 is 4.74 Å².